The highest BCUT2D eigenvalue weighted by Gasteiger charge is 2.29. The Labute approximate surface area is 93.7 Å². The van der Waals surface area contributed by atoms with E-state index < -0.39 is 5.92 Å². The van der Waals surface area contributed by atoms with Crippen molar-refractivity contribution in [1.82, 2.24) is 4.98 Å². The largest absolute Gasteiger partial charge is 0.303 e. The zero-order valence-corrected chi connectivity index (χ0v) is 9.20. The number of carbonyl (C=O) groups is 1. The van der Waals surface area contributed by atoms with E-state index in [9.17, 15) is 13.6 Å². The Morgan fingerprint density at radius 1 is 1.50 bits per heavy atom. The molecule has 0 bridgehead atoms. The molecule has 0 N–H and O–H groups in total. The number of rotatable bonds is 6. The number of pyridine rings is 1. The van der Waals surface area contributed by atoms with Crippen LogP contribution in [0.2, 0.25) is 0 Å². The molecule has 2 nitrogen and oxygen atoms in total. The molecule has 88 valence electrons. The minimum Gasteiger partial charge on any atom is -0.303 e. The molecule has 0 aliphatic carbocycles. The summed E-state index contributed by atoms with van der Waals surface area (Å²) in [5.74, 6) is -3.10. The number of aromatic nitrogens is 1. The van der Waals surface area contributed by atoms with Gasteiger partial charge in [0, 0.05) is 24.2 Å². The predicted octanol–water partition coefficient (Wildman–Crippen LogP) is 2.87. The van der Waals surface area contributed by atoms with Crippen molar-refractivity contribution in [2.45, 2.75) is 32.1 Å². The Balaban J connectivity index is 2.48. The summed E-state index contributed by atoms with van der Waals surface area (Å²) in [5.41, 5.74) is 0.381. The molecule has 0 fully saturated rings. The van der Waals surface area contributed by atoms with E-state index in [0.717, 1.165) is 0 Å². The first-order valence-corrected chi connectivity index (χ1v) is 5.26. The van der Waals surface area contributed by atoms with Crippen molar-refractivity contribution >= 4 is 6.29 Å². The van der Waals surface area contributed by atoms with Gasteiger partial charge in [-0.05, 0) is 18.6 Å². The van der Waals surface area contributed by atoms with Crippen molar-refractivity contribution in [3.8, 4) is 0 Å². The van der Waals surface area contributed by atoms with Gasteiger partial charge in [-0.1, -0.05) is 13.0 Å². The Kier molecular flexibility index (Phi) is 4.52. The topological polar surface area (TPSA) is 30.0 Å². The van der Waals surface area contributed by atoms with E-state index in [2.05, 4.69) is 4.98 Å². The summed E-state index contributed by atoms with van der Waals surface area (Å²) in [6.45, 7) is 1.64. The lowest BCUT2D eigenvalue weighted by molar-refractivity contribution is -0.111. The average molecular weight is 227 g/mol. The van der Waals surface area contributed by atoms with Crippen LogP contribution in [0, 0.1) is 5.92 Å². The molecule has 1 aromatic heterocycles. The van der Waals surface area contributed by atoms with E-state index in [4.69, 9.17) is 0 Å². The number of alkyl halides is 2. The van der Waals surface area contributed by atoms with Crippen LogP contribution in [-0.2, 0) is 11.2 Å². The molecule has 4 heteroatoms. The maximum absolute atomic E-state index is 13.5. The molecule has 0 saturated heterocycles. The van der Waals surface area contributed by atoms with E-state index in [1.54, 1.807) is 25.1 Å². The van der Waals surface area contributed by atoms with Gasteiger partial charge in [-0.3, -0.25) is 4.98 Å². The number of halogens is 2. The summed E-state index contributed by atoms with van der Waals surface area (Å²) in [5, 5.41) is 0. The highest BCUT2D eigenvalue weighted by molar-refractivity contribution is 5.52. The monoisotopic (exact) mass is 227 g/mol. The Morgan fingerprint density at radius 2 is 2.25 bits per heavy atom. The van der Waals surface area contributed by atoms with Crippen LogP contribution in [0.15, 0.2) is 24.4 Å². The summed E-state index contributed by atoms with van der Waals surface area (Å²) in [4.78, 5) is 14.2. The summed E-state index contributed by atoms with van der Waals surface area (Å²) in [7, 11) is 0. The van der Waals surface area contributed by atoms with Gasteiger partial charge in [0.2, 0.25) is 0 Å². The van der Waals surface area contributed by atoms with E-state index in [1.165, 1.54) is 6.20 Å². The van der Waals surface area contributed by atoms with Crippen molar-refractivity contribution in [1.29, 1.82) is 0 Å². The smallest absolute Gasteiger partial charge is 0.253 e. The van der Waals surface area contributed by atoms with Crippen molar-refractivity contribution < 1.29 is 13.6 Å². The minimum atomic E-state index is -2.79. The maximum atomic E-state index is 13.5. The van der Waals surface area contributed by atoms with Gasteiger partial charge in [0.1, 0.15) is 6.29 Å². The van der Waals surface area contributed by atoms with Gasteiger partial charge in [-0.25, -0.2) is 8.78 Å². The van der Waals surface area contributed by atoms with Gasteiger partial charge in [-0.15, -0.1) is 0 Å². The van der Waals surface area contributed by atoms with Crippen LogP contribution in [0.3, 0.4) is 0 Å². The minimum absolute atomic E-state index is 0.212. The SMILES string of the molecule is C[C@H](C=O)CCC(F)(F)Cc1ccccn1. The number of carbonyl (C=O) groups excluding carboxylic acids is 1. The normalized spacial score (nSPS) is 13.4. The Bertz CT molecular complexity index is 327. The first-order valence-electron chi connectivity index (χ1n) is 5.26. The van der Waals surface area contributed by atoms with Gasteiger partial charge >= 0.3 is 0 Å². The fourth-order valence-electron chi connectivity index (χ4n) is 1.36. The maximum Gasteiger partial charge on any atom is 0.253 e. The summed E-state index contributed by atoms with van der Waals surface area (Å²) in [6.07, 6.45) is 1.78. The highest BCUT2D eigenvalue weighted by atomic mass is 19.3. The first-order chi connectivity index (χ1) is 7.53. The lowest BCUT2D eigenvalue weighted by atomic mass is 10.0. The Hall–Kier alpha value is -1.32. The summed E-state index contributed by atoms with van der Waals surface area (Å²) >= 11 is 0. The summed E-state index contributed by atoms with van der Waals surface area (Å²) in [6, 6.07) is 4.96. The predicted molar refractivity (Wildman–Crippen MR) is 57.4 cm³/mol. The third-order valence-electron chi connectivity index (χ3n) is 2.36. The summed E-state index contributed by atoms with van der Waals surface area (Å²) < 4.78 is 26.9. The van der Waals surface area contributed by atoms with E-state index in [1.807, 2.05) is 0 Å². The standard InChI is InChI=1S/C12H15F2NO/c1-10(9-16)5-6-12(13,14)8-11-4-2-3-7-15-11/h2-4,7,9-10H,5-6,8H2,1H3/t10-/m0/s1. The molecule has 1 atom stereocenters. The van der Waals surface area contributed by atoms with Crippen LogP contribution in [0.25, 0.3) is 0 Å². The number of nitrogens with zero attached hydrogens (tertiary/aromatic N) is 1. The third kappa shape index (κ3) is 4.47. The van der Waals surface area contributed by atoms with Gasteiger partial charge in [-0.2, -0.15) is 0 Å². The number of aldehydes is 1. The van der Waals surface area contributed by atoms with Crippen LogP contribution in [-0.4, -0.2) is 17.2 Å². The van der Waals surface area contributed by atoms with Gasteiger partial charge in [0.05, 0.1) is 6.42 Å². The van der Waals surface area contributed by atoms with Crippen molar-refractivity contribution in [3.05, 3.63) is 30.1 Å². The zero-order chi connectivity index (χ0) is 12.0. The third-order valence-corrected chi connectivity index (χ3v) is 2.36. The van der Waals surface area contributed by atoms with Gasteiger partial charge in [0.25, 0.3) is 5.92 Å². The van der Waals surface area contributed by atoms with Crippen molar-refractivity contribution in [2.75, 3.05) is 0 Å². The van der Waals surface area contributed by atoms with Crippen LogP contribution < -0.4 is 0 Å². The van der Waals surface area contributed by atoms with Crippen molar-refractivity contribution in [3.63, 3.8) is 0 Å². The number of hydrogen-bond donors (Lipinski definition) is 0. The van der Waals surface area contributed by atoms with Gasteiger partial charge in [0.15, 0.2) is 0 Å². The molecule has 0 aliphatic heterocycles. The van der Waals surface area contributed by atoms with Crippen LogP contribution in [0.4, 0.5) is 8.78 Å². The zero-order valence-electron chi connectivity index (χ0n) is 9.20. The lowest BCUT2D eigenvalue weighted by Crippen LogP contribution is -2.21. The van der Waals surface area contributed by atoms with E-state index >= 15 is 0 Å². The molecule has 1 heterocycles. The quantitative estimate of drug-likeness (QED) is 0.699. The second-order valence-corrected chi connectivity index (χ2v) is 4.01. The number of hydrogen-bond acceptors (Lipinski definition) is 2. The molecule has 0 radical (unpaired) electrons. The molecule has 0 aliphatic rings. The molecule has 0 amide bonds. The van der Waals surface area contributed by atoms with Gasteiger partial charge < -0.3 is 4.79 Å². The molecule has 0 saturated carbocycles. The molecule has 0 unspecified atom stereocenters. The first kappa shape index (κ1) is 12.7. The van der Waals surface area contributed by atoms with E-state index in [0.29, 0.717) is 12.0 Å². The molecule has 16 heavy (non-hydrogen) atoms. The molecule has 0 aromatic carbocycles. The highest BCUT2D eigenvalue weighted by Crippen LogP contribution is 2.26. The molecular formula is C12H15F2NO. The molecule has 1 aromatic rings. The average Bonchev–Trinajstić information content (AvgIpc) is 2.27. The molecule has 1 rings (SSSR count). The van der Waals surface area contributed by atoms with Crippen LogP contribution in [0.1, 0.15) is 25.5 Å². The second-order valence-electron chi connectivity index (χ2n) is 4.01. The second kappa shape index (κ2) is 5.68. The van der Waals surface area contributed by atoms with Crippen LogP contribution >= 0.6 is 0 Å². The fraction of sp³-hybridized carbons (Fsp3) is 0.500. The van der Waals surface area contributed by atoms with E-state index in [-0.39, 0.29) is 25.2 Å². The molecular weight excluding hydrogens is 212 g/mol. The lowest BCUT2D eigenvalue weighted by Gasteiger charge is -2.16. The molecule has 0 spiro atoms. The Morgan fingerprint density at radius 3 is 2.81 bits per heavy atom. The fourth-order valence-corrected chi connectivity index (χ4v) is 1.36. The van der Waals surface area contributed by atoms with Crippen LogP contribution in [0.5, 0.6) is 0 Å². The van der Waals surface area contributed by atoms with Crippen molar-refractivity contribution in [2.24, 2.45) is 5.92 Å².